The van der Waals surface area contributed by atoms with Crippen LogP contribution in [-0.4, -0.2) is 36.4 Å². The second-order valence-electron chi connectivity index (χ2n) is 10.4. The number of hydrogen-bond acceptors (Lipinski definition) is 4. The highest BCUT2D eigenvalue weighted by Crippen LogP contribution is 2.19. The summed E-state index contributed by atoms with van der Waals surface area (Å²) in [6.45, 7) is 5.94. The zero-order valence-electron chi connectivity index (χ0n) is 25.3. The van der Waals surface area contributed by atoms with Gasteiger partial charge in [0.25, 0.3) is 11.8 Å². The van der Waals surface area contributed by atoms with E-state index in [9.17, 15) is 9.59 Å². The average molecular weight is 625 g/mol. The zero-order valence-corrected chi connectivity index (χ0v) is 27.0. The molecule has 4 aromatic rings. The van der Waals surface area contributed by atoms with Crippen LogP contribution in [0.3, 0.4) is 0 Å². The highest BCUT2D eigenvalue weighted by atomic mass is 33.1. The maximum atomic E-state index is 12.3. The zero-order chi connectivity index (χ0) is 31.0. The summed E-state index contributed by atoms with van der Waals surface area (Å²) in [5.41, 5.74) is 6.98. The van der Waals surface area contributed by atoms with Gasteiger partial charge in [-0.1, -0.05) is 106 Å². The standard InChI is InChI=1S/C36H38N4O2S2/c1-29-3-7-31(8-4-29)11-13-33-15-21-39(22-16-33)27-35(41)37-19-25-43-44-26-20-38-36(42)28-40-23-17-34(18-24-40)14-12-32-9-5-30(2)6-10-32/h3-18,21-24H,19-20,25-28H2,1-2H3/p+2/b13-11+,14-12+. The number of carbonyl (C=O) groups excluding carboxylic acids is 2. The van der Waals surface area contributed by atoms with E-state index in [2.05, 4.69) is 97.3 Å². The molecule has 0 saturated heterocycles. The Morgan fingerprint density at radius 3 is 1.20 bits per heavy atom. The minimum atomic E-state index is -0.0105. The number of pyridine rings is 2. The van der Waals surface area contributed by atoms with E-state index in [1.807, 2.05) is 58.2 Å². The van der Waals surface area contributed by atoms with E-state index in [-0.39, 0.29) is 24.9 Å². The molecule has 4 rings (SSSR count). The normalized spacial score (nSPS) is 11.2. The Labute approximate surface area is 268 Å². The fourth-order valence-electron chi connectivity index (χ4n) is 4.14. The van der Waals surface area contributed by atoms with Crippen LogP contribution < -0.4 is 19.8 Å². The summed E-state index contributed by atoms with van der Waals surface area (Å²) in [6, 6.07) is 24.8. The van der Waals surface area contributed by atoms with E-state index < -0.39 is 0 Å². The van der Waals surface area contributed by atoms with Gasteiger partial charge in [-0.2, -0.15) is 9.13 Å². The lowest BCUT2D eigenvalue weighted by molar-refractivity contribution is -0.684. The van der Waals surface area contributed by atoms with Crippen molar-refractivity contribution in [2.24, 2.45) is 0 Å². The fourth-order valence-corrected chi connectivity index (χ4v) is 5.95. The van der Waals surface area contributed by atoms with E-state index in [0.717, 1.165) is 33.8 Å². The summed E-state index contributed by atoms with van der Waals surface area (Å²) < 4.78 is 3.75. The van der Waals surface area contributed by atoms with E-state index in [1.165, 1.54) is 11.1 Å². The molecule has 0 saturated carbocycles. The van der Waals surface area contributed by atoms with Crippen molar-refractivity contribution in [1.82, 2.24) is 10.6 Å². The molecule has 0 unspecified atom stereocenters. The molecule has 6 nitrogen and oxygen atoms in total. The van der Waals surface area contributed by atoms with Crippen LogP contribution in [0.1, 0.15) is 33.4 Å². The van der Waals surface area contributed by atoms with Gasteiger partial charge >= 0.3 is 0 Å². The molecule has 8 heteroatoms. The number of benzene rings is 2. The number of nitrogens with zero attached hydrogens (tertiary/aromatic N) is 2. The summed E-state index contributed by atoms with van der Waals surface area (Å²) in [5.74, 6) is 1.59. The molecule has 44 heavy (non-hydrogen) atoms. The van der Waals surface area contributed by atoms with Crippen LogP contribution in [0.4, 0.5) is 0 Å². The maximum absolute atomic E-state index is 12.3. The van der Waals surface area contributed by atoms with Crippen molar-refractivity contribution in [3.63, 3.8) is 0 Å². The Kier molecular flexibility index (Phi) is 13.3. The van der Waals surface area contributed by atoms with E-state index in [0.29, 0.717) is 13.1 Å². The molecule has 2 aromatic heterocycles. The van der Waals surface area contributed by atoms with Crippen molar-refractivity contribution in [3.8, 4) is 0 Å². The Morgan fingerprint density at radius 2 is 0.864 bits per heavy atom. The first kappa shape index (κ1) is 32.8. The fraction of sp³-hybridized carbons (Fsp3) is 0.222. The largest absolute Gasteiger partial charge is 0.350 e. The third-order valence-corrected chi connectivity index (χ3v) is 9.08. The second-order valence-corrected chi connectivity index (χ2v) is 13.1. The molecule has 2 N–H and O–H groups in total. The van der Waals surface area contributed by atoms with Gasteiger partial charge in [-0.25, -0.2) is 0 Å². The van der Waals surface area contributed by atoms with Gasteiger partial charge in [-0.3, -0.25) is 9.59 Å². The summed E-state index contributed by atoms with van der Waals surface area (Å²) in [5, 5.41) is 5.94. The summed E-state index contributed by atoms with van der Waals surface area (Å²) in [4.78, 5) is 24.6. The molecule has 0 radical (unpaired) electrons. The van der Waals surface area contributed by atoms with Crippen LogP contribution in [-0.2, 0) is 22.7 Å². The predicted molar refractivity (Wildman–Crippen MR) is 184 cm³/mol. The lowest BCUT2D eigenvalue weighted by Gasteiger charge is -2.05. The molecule has 0 aliphatic rings. The minimum absolute atomic E-state index is 0.0105. The van der Waals surface area contributed by atoms with Crippen LogP contribution in [0.2, 0.25) is 0 Å². The Balaban J connectivity index is 1.02. The van der Waals surface area contributed by atoms with E-state index in [4.69, 9.17) is 0 Å². The monoisotopic (exact) mass is 624 g/mol. The first-order valence-corrected chi connectivity index (χ1v) is 17.2. The molecular formula is C36H40N4O2S2+2. The molecule has 0 aliphatic heterocycles. The molecule has 2 aromatic carbocycles. The first-order chi connectivity index (χ1) is 21.4. The lowest BCUT2D eigenvalue weighted by atomic mass is 10.1. The van der Waals surface area contributed by atoms with Gasteiger partial charge in [0.2, 0.25) is 13.1 Å². The Morgan fingerprint density at radius 1 is 0.545 bits per heavy atom. The number of nitrogens with one attached hydrogen (secondary N) is 2. The van der Waals surface area contributed by atoms with Crippen molar-refractivity contribution in [3.05, 3.63) is 131 Å². The summed E-state index contributed by atoms with van der Waals surface area (Å²) in [7, 11) is 3.39. The first-order valence-electron chi connectivity index (χ1n) is 14.7. The molecule has 226 valence electrons. The van der Waals surface area contributed by atoms with Gasteiger partial charge in [0.05, 0.1) is 0 Å². The smallest absolute Gasteiger partial charge is 0.286 e. The topological polar surface area (TPSA) is 66.0 Å². The molecule has 0 atom stereocenters. The Hall–Kier alpha value is -4.14. The number of hydrogen-bond donors (Lipinski definition) is 2. The van der Waals surface area contributed by atoms with Crippen LogP contribution in [0, 0.1) is 13.8 Å². The van der Waals surface area contributed by atoms with Gasteiger partial charge in [-0.05, 0) is 36.1 Å². The van der Waals surface area contributed by atoms with Gasteiger partial charge < -0.3 is 10.6 Å². The molecule has 2 heterocycles. The van der Waals surface area contributed by atoms with Gasteiger partial charge in [0.1, 0.15) is 0 Å². The highest BCUT2D eigenvalue weighted by Gasteiger charge is 2.10. The Bertz CT molecular complexity index is 1410. The summed E-state index contributed by atoms with van der Waals surface area (Å²) >= 11 is 0. The summed E-state index contributed by atoms with van der Waals surface area (Å²) in [6.07, 6.45) is 16.0. The number of aryl methyl sites for hydroxylation is 2. The van der Waals surface area contributed by atoms with Crippen LogP contribution in [0.15, 0.2) is 97.6 Å². The lowest BCUT2D eigenvalue weighted by Crippen LogP contribution is -2.43. The maximum Gasteiger partial charge on any atom is 0.286 e. The molecular weight excluding hydrogens is 585 g/mol. The molecule has 0 aliphatic carbocycles. The van der Waals surface area contributed by atoms with E-state index >= 15 is 0 Å². The van der Waals surface area contributed by atoms with Crippen molar-refractivity contribution in [1.29, 1.82) is 0 Å². The third-order valence-electron chi connectivity index (χ3n) is 6.68. The predicted octanol–water partition coefficient (Wildman–Crippen LogP) is 5.53. The number of aromatic nitrogens is 2. The van der Waals surface area contributed by atoms with Gasteiger partial charge in [0, 0.05) is 48.9 Å². The SMILES string of the molecule is Cc1ccc(/C=C/c2cc[n+](CC(=O)NCCSSCCNC(=O)C[n+]3ccc(/C=C/c4ccc(C)cc4)cc3)cc2)cc1. The number of amides is 2. The number of carbonyl (C=O) groups is 2. The van der Waals surface area contributed by atoms with Gasteiger partial charge in [0.15, 0.2) is 24.8 Å². The quantitative estimate of drug-likeness (QED) is 0.104. The molecule has 0 spiro atoms. The van der Waals surface area contributed by atoms with Crippen molar-refractivity contribution in [2.75, 3.05) is 24.6 Å². The molecule has 2 amide bonds. The van der Waals surface area contributed by atoms with Crippen molar-refractivity contribution in [2.45, 2.75) is 26.9 Å². The highest BCUT2D eigenvalue weighted by molar-refractivity contribution is 8.76. The van der Waals surface area contributed by atoms with Crippen LogP contribution >= 0.6 is 21.6 Å². The average Bonchev–Trinajstić information content (AvgIpc) is 3.03. The molecule has 0 fully saturated rings. The second kappa shape index (κ2) is 17.9. The van der Waals surface area contributed by atoms with E-state index in [1.54, 1.807) is 21.6 Å². The van der Waals surface area contributed by atoms with Crippen LogP contribution in [0.25, 0.3) is 24.3 Å². The van der Waals surface area contributed by atoms with Gasteiger partial charge in [-0.15, -0.1) is 0 Å². The number of rotatable bonds is 15. The van der Waals surface area contributed by atoms with Crippen molar-refractivity contribution < 1.29 is 18.7 Å². The third kappa shape index (κ3) is 12.2. The van der Waals surface area contributed by atoms with Crippen LogP contribution in [0.5, 0.6) is 0 Å². The van der Waals surface area contributed by atoms with Crippen molar-refractivity contribution >= 4 is 57.7 Å². The minimum Gasteiger partial charge on any atom is -0.350 e. The molecule has 0 bridgehead atoms.